The predicted octanol–water partition coefficient (Wildman–Crippen LogP) is 2.17. The van der Waals surface area contributed by atoms with E-state index in [1.807, 2.05) is 36.6 Å². The lowest BCUT2D eigenvalue weighted by Gasteiger charge is -2.08. The largest absolute Gasteiger partial charge is 0.296 e. The summed E-state index contributed by atoms with van der Waals surface area (Å²) in [5, 5.41) is 0.752. The van der Waals surface area contributed by atoms with Crippen molar-refractivity contribution in [2.75, 3.05) is 6.26 Å². The highest BCUT2D eigenvalue weighted by atomic mass is 32.2. The monoisotopic (exact) mass is 232 g/mol. The summed E-state index contributed by atoms with van der Waals surface area (Å²) in [5.74, 6) is 0.706. The molecule has 4 heteroatoms. The molecule has 1 aromatic heterocycles. The summed E-state index contributed by atoms with van der Waals surface area (Å²) in [6.07, 6.45) is 1.91. The molecule has 0 saturated heterocycles. The molecule has 0 saturated carbocycles. The zero-order valence-electron chi connectivity index (χ0n) is 9.18. The third-order valence-electron chi connectivity index (χ3n) is 2.35. The quantitative estimate of drug-likeness (QED) is 0.588. The molecule has 0 aliphatic carbocycles. The number of rotatable bonds is 2. The Kier molecular flexibility index (Phi) is 3.10. The fourth-order valence-electron chi connectivity index (χ4n) is 1.47. The van der Waals surface area contributed by atoms with E-state index in [0.29, 0.717) is 5.82 Å². The first-order valence-electron chi connectivity index (χ1n) is 4.90. The summed E-state index contributed by atoms with van der Waals surface area (Å²) in [7, 11) is 1.74. The topological polar surface area (TPSA) is 34.9 Å². The number of thioether (sulfide) groups is 1. The van der Waals surface area contributed by atoms with E-state index in [-0.39, 0.29) is 5.56 Å². The smallest absolute Gasteiger partial charge is 0.254 e. The molecule has 16 heavy (non-hydrogen) atoms. The second-order valence-electron chi connectivity index (χ2n) is 3.39. The molecule has 0 amide bonds. The molecule has 0 N–H and O–H groups in total. The molecule has 0 aliphatic rings. The molecule has 2 rings (SSSR count). The highest BCUT2D eigenvalue weighted by Gasteiger charge is 2.06. The normalized spacial score (nSPS) is 10.4. The standard InChI is InChI=1S/C12H12N2OS/c1-14-11(15)8-10(16-2)13-12(14)9-6-4-3-5-7-9/h3-8H,1-2H3. The van der Waals surface area contributed by atoms with Gasteiger partial charge in [-0.05, 0) is 6.26 Å². The Morgan fingerprint density at radius 2 is 1.94 bits per heavy atom. The summed E-state index contributed by atoms with van der Waals surface area (Å²) in [6, 6.07) is 11.3. The number of aromatic nitrogens is 2. The summed E-state index contributed by atoms with van der Waals surface area (Å²) in [4.78, 5) is 16.2. The minimum absolute atomic E-state index is 0.0294. The zero-order valence-corrected chi connectivity index (χ0v) is 9.99. The highest BCUT2D eigenvalue weighted by Crippen LogP contribution is 2.17. The zero-order chi connectivity index (χ0) is 11.5. The predicted molar refractivity (Wildman–Crippen MR) is 66.7 cm³/mol. The molecule has 1 heterocycles. The average molecular weight is 232 g/mol. The number of hydrogen-bond acceptors (Lipinski definition) is 3. The molecule has 0 aliphatic heterocycles. The lowest BCUT2D eigenvalue weighted by molar-refractivity contribution is 0.812. The Morgan fingerprint density at radius 1 is 1.25 bits per heavy atom. The molecule has 2 aromatic rings. The van der Waals surface area contributed by atoms with Crippen LogP contribution in [0.25, 0.3) is 11.4 Å². The second kappa shape index (κ2) is 4.53. The van der Waals surface area contributed by atoms with Gasteiger partial charge < -0.3 is 0 Å². The van der Waals surface area contributed by atoms with Crippen LogP contribution in [0.5, 0.6) is 0 Å². The van der Waals surface area contributed by atoms with E-state index in [4.69, 9.17) is 0 Å². The number of hydrogen-bond donors (Lipinski definition) is 0. The van der Waals surface area contributed by atoms with Gasteiger partial charge in [-0.2, -0.15) is 0 Å². The summed E-state index contributed by atoms with van der Waals surface area (Å²) in [5.41, 5.74) is 0.927. The van der Waals surface area contributed by atoms with E-state index in [2.05, 4.69) is 4.98 Å². The molecule has 3 nitrogen and oxygen atoms in total. The Balaban J connectivity index is 2.65. The Hall–Kier alpha value is -1.55. The Labute approximate surface area is 98.2 Å². The number of nitrogens with zero attached hydrogens (tertiary/aromatic N) is 2. The minimum atomic E-state index is -0.0294. The molecule has 0 atom stereocenters. The average Bonchev–Trinajstić information content (AvgIpc) is 2.33. The Morgan fingerprint density at radius 3 is 2.56 bits per heavy atom. The lowest BCUT2D eigenvalue weighted by Crippen LogP contribution is -2.19. The summed E-state index contributed by atoms with van der Waals surface area (Å²) >= 11 is 1.48. The van der Waals surface area contributed by atoms with Gasteiger partial charge >= 0.3 is 0 Å². The van der Waals surface area contributed by atoms with Gasteiger partial charge in [0.25, 0.3) is 5.56 Å². The first-order chi connectivity index (χ1) is 7.72. The van der Waals surface area contributed by atoms with Crippen LogP contribution in [0.2, 0.25) is 0 Å². The third-order valence-corrected chi connectivity index (χ3v) is 2.98. The van der Waals surface area contributed by atoms with Crippen molar-refractivity contribution in [1.29, 1.82) is 0 Å². The SMILES string of the molecule is CSc1cc(=O)n(C)c(-c2ccccc2)n1. The van der Waals surface area contributed by atoms with Crippen LogP contribution in [-0.2, 0) is 7.05 Å². The van der Waals surface area contributed by atoms with Crippen molar-refractivity contribution in [3.63, 3.8) is 0 Å². The molecule has 0 unspecified atom stereocenters. The van der Waals surface area contributed by atoms with Gasteiger partial charge in [-0.25, -0.2) is 4.98 Å². The van der Waals surface area contributed by atoms with Gasteiger partial charge in [-0.1, -0.05) is 30.3 Å². The van der Waals surface area contributed by atoms with Crippen molar-refractivity contribution in [2.45, 2.75) is 5.03 Å². The van der Waals surface area contributed by atoms with Gasteiger partial charge in [0, 0.05) is 18.7 Å². The van der Waals surface area contributed by atoms with E-state index in [1.165, 1.54) is 11.8 Å². The van der Waals surface area contributed by atoms with Gasteiger partial charge in [0.2, 0.25) is 0 Å². The highest BCUT2D eigenvalue weighted by molar-refractivity contribution is 7.98. The van der Waals surface area contributed by atoms with Crippen LogP contribution in [0.3, 0.4) is 0 Å². The Bertz CT molecular complexity index is 549. The minimum Gasteiger partial charge on any atom is -0.296 e. The van der Waals surface area contributed by atoms with Crippen molar-refractivity contribution in [1.82, 2.24) is 9.55 Å². The maximum absolute atomic E-state index is 11.7. The van der Waals surface area contributed by atoms with Crippen LogP contribution >= 0.6 is 11.8 Å². The van der Waals surface area contributed by atoms with Crippen LogP contribution in [0.15, 0.2) is 46.2 Å². The van der Waals surface area contributed by atoms with Crippen LogP contribution in [0, 0.1) is 0 Å². The van der Waals surface area contributed by atoms with Gasteiger partial charge in [-0.15, -0.1) is 11.8 Å². The third kappa shape index (κ3) is 2.02. The van der Waals surface area contributed by atoms with Crippen LogP contribution in [0.4, 0.5) is 0 Å². The fourth-order valence-corrected chi connectivity index (χ4v) is 1.86. The van der Waals surface area contributed by atoms with Gasteiger partial charge in [-0.3, -0.25) is 9.36 Å². The van der Waals surface area contributed by atoms with Crippen molar-refractivity contribution in [3.05, 3.63) is 46.8 Å². The maximum atomic E-state index is 11.7. The molecule has 0 radical (unpaired) electrons. The van der Waals surface area contributed by atoms with E-state index in [9.17, 15) is 4.79 Å². The first-order valence-corrected chi connectivity index (χ1v) is 6.12. The molecule has 82 valence electrons. The lowest BCUT2D eigenvalue weighted by atomic mass is 10.2. The molecular formula is C12H12N2OS. The summed E-state index contributed by atoms with van der Waals surface area (Å²) in [6.45, 7) is 0. The van der Waals surface area contributed by atoms with Crippen molar-refractivity contribution < 1.29 is 0 Å². The van der Waals surface area contributed by atoms with E-state index in [1.54, 1.807) is 17.7 Å². The molecule has 1 aromatic carbocycles. The van der Waals surface area contributed by atoms with Gasteiger partial charge in [0.1, 0.15) is 10.9 Å². The van der Waals surface area contributed by atoms with Gasteiger partial charge in [0.15, 0.2) is 0 Å². The van der Waals surface area contributed by atoms with Crippen LogP contribution in [-0.4, -0.2) is 15.8 Å². The van der Waals surface area contributed by atoms with E-state index >= 15 is 0 Å². The van der Waals surface area contributed by atoms with Crippen LogP contribution < -0.4 is 5.56 Å². The summed E-state index contributed by atoms with van der Waals surface area (Å²) < 4.78 is 1.56. The first kappa shape index (κ1) is 11.0. The molecule has 0 fully saturated rings. The van der Waals surface area contributed by atoms with E-state index < -0.39 is 0 Å². The second-order valence-corrected chi connectivity index (χ2v) is 4.21. The van der Waals surface area contributed by atoms with Crippen molar-refractivity contribution >= 4 is 11.8 Å². The van der Waals surface area contributed by atoms with Gasteiger partial charge in [0.05, 0.1) is 0 Å². The maximum Gasteiger partial charge on any atom is 0.254 e. The molecule has 0 bridgehead atoms. The molecular weight excluding hydrogens is 220 g/mol. The molecule has 0 spiro atoms. The number of benzene rings is 1. The van der Waals surface area contributed by atoms with Crippen molar-refractivity contribution in [3.8, 4) is 11.4 Å². The van der Waals surface area contributed by atoms with Crippen molar-refractivity contribution in [2.24, 2.45) is 7.05 Å². The fraction of sp³-hybridized carbons (Fsp3) is 0.167. The van der Waals surface area contributed by atoms with E-state index in [0.717, 1.165) is 10.6 Å². The van der Waals surface area contributed by atoms with Crippen LogP contribution in [0.1, 0.15) is 0 Å².